The van der Waals surface area contributed by atoms with Crippen molar-refractivity contribution < 1.29 is 27.2 Å². The first kappa shape index (κ1) is 24.7. The zero-order valence-corrected chi connectivity index (χ0v) is 19.2. The number of ketones is 2. The number of amides is 1. The lowest BCUT2D eigenvalue weighted by molar-refractivity contribution is -0.141. The van der Waals surface area contributed by atoms with Crippen molar-refractivity contribution >= 4 is 27.5 Å². The number of benzene rings is 1. The summed E-state index contributed by atoms with van der Waals surface area (Å²) in [6.07, 6.45) is 1.93. The summed E-state index contributed by atoms with van der Waals surface area (Å²) in [7, 11) is -4.11. The van der Waals surface area contributed by atoms with Gasteiger partial charge in [0.25, 0.3) is 5.91 Å². The third-order valence-corrected chi connectivity index (χ3v) is 6.95. The van der Waals surface area contributed by atoms with Crippen LogP contribution in [0.4, 0.5) is 4.39 Å². The summed E-state index contributed by atoms with van der Waals surface area (Å²) >= 11 is 0. The molecule has 0 saturated carbocycles. The maximum atomic E-state index is 13.2. The van der Waals surface area contributed by atoms with Crippen LogP contribution in [0.3, 0.4) is 0 Å². The number of rotatable bonds is 7. The molecule has 1 aliphatic heterocycles. The van der Waals surface area contributed by atoms with E-state index in [1.807, 2.05) is 12.1 Å². The zero-order valence-electron chi connectivity index (χ0n) is 18.4. The Hall–Kier alpha value is -2.98. The van der Waals surface area contributed by atoms with E-state index >= 15 is 0 Å². The van der Waals surface area contributed by atoms with Crippen molar-refractivity contribution in [2.75, 3.05) is 6.54 Å². The monoisotopic (exact) mass is 475 g/mol. The van der Waals surface area contributed by atoms with Crippen LogP contribution < -0.4 is 10.0 Å². The van der Waals surface area contributed by atoms with E-state index in [0.29, 0.717) is 12.1 Å². The fourth-order valence-electron chi connectivity index (χ4n) is 3.69. The number of carbonyl (C=O) groups is 3. The minimum Gasteiger partial charge on any atom is -0.349 e. The Morgan fingerprint density at radius 2 is 1.91 bits per heavy atom. The van der Waals surface area contributed by atoms with Crippen molar-refractivity contribution in [3.05, 3.63) is 59.7 Å². The Morgan fingerprint density at radius 1 is 1.21 bits per heavy atom. The Bertz CT molecular complexity index is 1150. The number of halogens is 1. The summed E-state index contributed by atoms with van der Waals surface area (Å²) in [5.41, 5.74) is 1.54. The van der Waals surface area contributed by atoms with Gasteiger partial charge >= 0.3 is 0 Å². The molecule has 10 heteroatoms. The van der Waals surface area contributed by atoms with Gasteiger partial charge in [0.15, 0.2) is 5.78 Å². The van der Waals surface area contributed by atoms with Crippen LogP contribution in [-0.2, 0) is 37.2 Å². The van der Waals surface area contributed by atoms with Gasteiger partial charge in [0.1, 0.15) is 5.82 Å². The second-order valence-corrected chi connectivity index (χ2v) is 10.1. The Morgan fingerprint density at radius 3 is 2.58 bits per heavy atom. The van der Waals surface area contributed by atoms with Crippen molar-refractivity contribution in [3.63, 3.8) is 0 Å². The molecule has 2 bridgehead atoms. The summed E-state index contributed by atoms with van der Waals surface area (Å²) in [5.74, 6) is -4.02. The number of hydrogen-bond donors (Lipinski definition) is 2. The van der Waals surface area contributed by atoms with E-state index in [1.165, 1.54) is 0 Å². The topological polar surface area (TPSA) is 122 Å². The molecule has 0 saturated heterocycles. The maximum absolute atomic E-state index is 13.2. The fraction of sp³-hybridized carbons (Fsp3) is 0.391. The molecule has 2 atom stereocenters. The lowest BCUT2D eigenvalue weighted by Gasteiger charge is -2.24. The SMILES string of the molecule is CC(C)C(NS(=O)(=O)c1ccc(F)cc1)C(=O)CC1Cc2cc(ccn2)CCNC(=O)C1=O. The van der Waals surface area contributed by atoms with Gasteiger partial charge in [-0.2, -0.15) is 0 Å². The molecule has 1 aromatic heterocycles. The molecular weight excluding hydrogens is 449 g/mol. The van der Waals surface area contributed by atoms with E-state index < -0.39 is 51.2 Å². The van der Waals surface area contributed by atoms with Gasteiger partial charge in [0.2, 0.25) is 15.8 Å². The average molecular weight is 476 g/mol. The lowest BCUT2D eigenvalue weighted by atomic mass is 9.87. The highest BCUT2D eigenvalue weighted by Crippen LogP contribution is 2.20. The van der Waals surface area contributed by atoms with Crippen LogP contribution in [0.5, 0.6) is 0 Å². The third kappa shape index (κ3) is 6.29. The van der Waals surface area contributed by atoms with Gasteiger partial charge in [-0.25, -0.2) is 17.5 Å². The minimum absolute atomic E-state index is 0.0847. The number of nitrogens with zero attached hydrogens (tertiary/aromatic N) is 1. The quantitative estimate of drug-likeness (QED) is 0.587. The molecule has 3 rings (SSSR count). The first-order chi connectivity index (χ1) is 15.6. The van der Waals surface area contributed by atoms with Crippen LogP contribution in [0, 0.1) is 17.7 Å². The Balaban J connectivity index is 1.83. The van der Waals surface area contributed by atoms with Crippen LogP contribution in [0.1, 0.15) is 31.5 Å². The van der Waals surface area contributed by atoms with E-state index in [1.54, 1.807) is 20.0 Å². The summed E-state index contributed by atoms with van der Waals surface area (Å²) in [4.78, 5) is 42.3. The molecule has 2 heterocycles. The van der Waals surface area contributed by atoms with Crippen LogP contribution in [-0.4, -0.2) is 43.5 Å². The lowest BCUT2D eigenvalue weighted by Crippen LogP contribution is -2.46. The molecule has 2 N–H and O–H groups in total. The summed E-state index contributed by atoms with van der Waals surface area (Å²) in [5, 5.41) is 2.57. The number of hydrogen-bond acceptors (Lipinski definition) is 6. The van der Waals surface area contributed by atoms with Crippen LogP contribution in [0.15, 0.2) is 47.5 Å². The third-order valence-electron chi connectivity index (χ3n) is 5.50. The normalized spacial score (nSPS) is 18.0. The van der Waals surface area contributed by atoms with Gasteiger partial charge in [-0.05, 0) is 54.3 Å². The van der Waals surface area contributed by atoms with E-state index in [2.05, 4.69) is 15.0 Å². The van der Waals surface area contributed by atoms with E-state index in [0.717, 1.165) is 29.8 Å². The smallest absolute Gasteiger partial charge is 0.287 e. The molecule has 0 fully saturated rings. The second kappa shape index (κ2) is 10.3. The molecule has 1 aromatic carbocycles. The van der Waals surface area contributed by atoms with Gasteiger partial charge in [0.05, 0.1) is 10.9 Å². The largest absolute Gasteiger partial charge is 0.349 e. The number of carbonyl (C=O) groups excluding carboxylic acids is 3. The summed E-state index contributed by atoms with van der Waals surface area (Å²) < 4.78 is 41.0. The molecule has 33 heavy (non-hydrogen) atoms. The van der Waals surface area contributed by atoms with Crippen molar-refractivity contribution in [2.24, 2.45) is 11.8 Å². The molecule has 176 valence electrons. The van der Waals surface area contributed by atoms with Gasteiger partial charge in [0, 0.05) is 37.2 Å². The maximum Gasteiger partial charge on any atom is 0.287 e. The average Bonchev–Trinajstić information content (AvgIpc) is 2.76. The number of Topliss-reactive ketones (excluding diaryl/α,β-unsaturated/α-hetero) is 2. The van der Waals surface area contributed by atoms with Crippen molar-refractivity contribution in [1.29, 1.82) is 0 Å². The van der Waals surface area contributed by atoms with E-state index in [9.17, 15) is 27.2 Å². The highest BCUT2D eigenvalue weighted by Gasteiger charge is 2.34. The fourth-order valence-corrected chi connectivity index (χ4v) is 5.06. The zero-order chi connectivity index (χ0) is 24.2. The highest BCUT2D eigenvalue weighted by atomic mass is 32.2. The molecule has 1 aliphatic rings. The summed E-state index contributed by atoms with van der Waals surface area (Å²) in [6, 6.07) is 6.75. The van der Waals surface area contributed by atoms with E-state index in [4.69, 9.17) is 0 Å². The van der Waals surface area contributed by atoms with Gasteiger partial charge in [-0.1, -0.05) is 13.8 Å². The van der Waals surface area contributed by atoms with E-state index in [-0.39, 0.29) is 24.3 Å². The van der Waals surface area contributed by atoms with Crippen LogP contribution in [0.2, 0.25) is 0 Å². The van der Waals surface area contributed by atoms with Crippen LogP contribution >= 0.6 is 0 Å². The first-order valence-electron chi connectivity index (χ1n) is 10.6. The van der Waals surface area contributed by atoms with Gasteiger partial charge in [-0.15, -0.1) is 0 Å². The molecule has 8 nitrogen and oxygen atoms in total. The standard InChI is InChI=1S/C23H26FN3O5S/c1-14(2)21(27-33(31,32)19-5-3-17(24)4-6-19)20(28)13-16-12-18-11-15(7-9-25-18)8-10-26-23(30)22(16)29/h3-7,9,11,14,16,21,27H,8,10,12-13H2,1-2H3,(H,26,30). The predicted octanol–water partition coefficient (Wildman–Crippen LogP) is 1.58. The van der Waals surface area contributed by atoms with Crippen molar-refractivity contribution in [3.8, 4) is 0 Å². The molecule has 2 unspecified atom stereocenters. The number of fused-ring (bicyclic) bond motifs is 2. The number of aromatic nitrogens is 1. The van der Waals surface area contributed by atoms with Crippen molar-refractivity contribution in [1.82, 2.24) is 15.0 Å². The van der Waals surface area contributed by atoms with Crippen LogP contribution in [0.25, 0.3) is 0 Å². The Labute approximate surface area is 192 Å². The van der Waals surface area contributed by atoms with Crippen molar-refractivity contribution in [2.45, 2.75) is 44.0 Å². The molecular formula is C23H26FN3O5S. The highest BCUT2D eigenvalue weighted by molar-refractivity contribution is 7.89. The van der Waals surface area contributed by atoms with Gasteiger partial charge < -0.3 is 5.32 Å². The molecule has 0 spiro atoms. The first-order valence-corrected chi connectivity index (χ1v) is 12.1. The predicted molar refractivity (Wildman–Crippen MR) is 118 cm³/mol. The molecule has 1 amide bonds. The number of nitrogens with one attached hydrogen (secondary N) is 2. The Kier molecular flexibility index (Phi) is 7.70. The number of pyridine rings is 1. The molecule has 0 aliphatic carbocycles. The molecule has 0 radical (unpaired) electrons. The summed E-state index contributed by atoms with van der Waals surface area (Å²) in [6.45, 7) is 3.62. The number of sulfonamides is 1. The minimum atomic E-state index is -4.11. The molecule has 2 aromatic rings. The van der Waals surface area contributed by atoms with Gasteiger partial charge in [-0.3, -0.25) is 19.4 Å². The second-order valence-electron chi connectivity index (χ2n) is 8.39.